The Morgan fingerprint density at radius 1 is 1.36 bits per heavy atom. The molecule has 28 heavy (non-hydrogen) atoms. The lowest BCUT2D eigenvalue weighted by molar-refractivity contribution is 0.117. The van der Waals surface area contributed by atoms with Crippen LogP contribution in [0, 0.1) is 5.41 Å². The summed E-state index contributed by atoms with van der Waals surface area (Å²) in [4.78, 5) is 14.5. The number of hydrogen-bond acceptors (Lipinski definition) is 5. The minimum Gasteiger partial charge on any atom is -0.497 e. The van der Waals surface area contributed by atoms with Gasteiger partial charge >= 0.3 is 6.03 Å². The fourth-order valence-electron chi connectivity index (χ4n) is 4.09. The van der Waals surface area contributed by atoms with E-state index in [0.29, 0.717) is 12.3 Å². The molecule has 0 radical (unpaired) electrons. The lowest BCUT2D eigenvalue weighted by Gasteiger charge is -2.39. The molecule has 0 bridgehead atoms. The number of piperidine rings is 1. The molecule has 152 valence electrons. The number of ether oxygens (including phenoxy) is 1. The number of rotatable bonds is 4. The maximum Gasteiger partial charge on any atom is 0.317 e. The van der Waals surface area contributed by atoms with E-state index in [-0.39, 0.29) is 23.9 Å². The molecule has 4 rings (SSSR count). The first kappa shape index (κ1) is 20.5. The SMILES string of the molecule is COc1ccc(-c2cc(CNC(=O)N3CCCC4(CCNC4)C3)on2)cc1.Cl. The van der Waals surface area contributed by atoms with Crippen LogP contribution in [-0.2, 0) is 6.54 Å². The number of amides is 2. The van der Waals surface area contributed by atoms with Crippen molar-refractivity contribution in [2.45, 2.75) is 25.8 Å². The highest BCUT2D eigenvalue weighted by molar-refractivity contribution is 5.85. The Morgan fingerprint density at radius 2 is 2.18 bits per heavy atom. The largest absolute Gasteiger partial charge is 0.497 e. The number of methoxy groups -OCH3 is 1. The zero-order chi connectivity index (χ0) is 18.7. The van der Waals surface area contributed by atoms with Crippen molar-refractivity contribution in [3.05, 3.63) is 36.1 Å². The predicted octanol–water partition coefficient (Wildman–Crippen LogP) is 3.06. The number of halogens is 1. The molecule has 0 aliphatic carbocycles. The van der Waals surface area contributed by atoms with Crippen LogP contribution >= 0.6 is 12.4 Å². The lowest BCUT2D eigenvalue weighted by atomic mass is 9.79. The van der Waals surface area contributed by atoms with E-state index in [1.165, 1.54) is 6.42 Å². The van der Waals surface area contributed by atoms with Crippen LogP contribution in [0.15, 0.2) is 34.9 Å². The average molecular weight is 407 g/mol. The number of likely N-dealkylation sites (tertiary alicyclic amines) is 1. The van der Waals surface area contributed by atoms with Crippen molar-refractivity contribution in [3.8, 4) is 17.0 Å². The third-order valence-electron chi connectivity index (χ3n) is 5.64. The number of carbonyl (C=O) groups is 1. The van der Waals surface area contributed by atoms with Crippen LogP contribution in [-0.4, -0.2) is 49.4 Å². The van der Waals surface area contributed by atoms with Crippen LogP contribution in [0.5, 0.6) is 5.75 Å². The first-order valence-corrected chi connectivity index (χ1v) is 9.51. The number of nitrogens with zero attached hydrogens (tertiary/aromatic N) is 2. The average Bonchev–Trinajstić information content (AvgIpc) is 3.36. The number of hydrogen-bond donors (Lipinski definition) is 2. The Labute approximate surface area is 171 Å². The van der Waals surface area contributed by atoms with Gasteiger partial charge in [-0.3, -0.25) is 0 Å². The van der Waals surface area contributed by atoms with Gasteiger partial charge in [0, 0.05) is 36.7 Å². The van der Waals surface area contributed by atoms with Crippen LogP contribution < -0.4 is 15.4 Å². The van der Waals surface area contributed by atoms with E-state index >= 15 is 0 Å². The zero-order valence-corrected chi connectivity index (χ0v) is 16.9. The molecule has 2 aliphatic heterocycles. The second-order valence-corrected chi connectivity index (χ2v) is 7.52. The molecule has 3 heterocycles. The summed E-state index contributed by atoms with van der Waals surface area (Å²) < 4.78 is 10.5. The van der Waals surface area contributed by atoms with E-state index in [2.05, 4.69) is 15.8 Å². The van der Waals surface area contributed by atoms with Gasteiger partial charge in [-0.15, -0.1) is 12.4 Å². The Bertz CT molecular complexity index is 787. The van der Waals surface area contributed by atoms with E-state index < -0.39 is 0 Å². The standard InChI is InChI=1S/C20H26N4O3.ClH/c1-26-16-5-3-15(4-6-16)18-11-17(27-23-18)12-22-19(25)24-10-2-7-20(14-24)8-9-21-13-20;/h3-6,11,21H,2,7-10,12-14H2,1H3,(H,22,25);1H. The van der Waals surface area contributed by atoms with E-state index in [0.717, 1.165) is 56.0 Å². The van der Waals surface area contributed by atoms with Gasteiger partial charge in [0.15, 0.2) is 5.76 Å². The lowest BCUT2D eigenvalue weighted by Crippen LogP contribution is -2.50. The van der Waals surface area contributed by atoms with Crippen LogP contribution in [0.1, 0.15) is 25.0 Å². The van der Waals surface area contributed by atoms with Gasteiger partial charge in [0.1, 0.15) is 11.4 Å². The van der Waals surface area contributed by atoms with Gasteiger partial charge in [-0.25, -0.2) is 4.79 Å². The second kappa shape index (κ2) is 8.84. The van der Waals surface area contributed by atoms with Gasteiger partial charge in [0.25, 0.3) is 0 Å². The number of aromatic nitrogens is 1. The molecule has 1 spiro atoms. The molecule has 1 atom stereocenters. The maximum absolute atomic E-state index is 12.6. The molecule has 8 heteroatoms. The second-order valence-electron chi connectivity index (χ2n) is 7.52. The summed E-state index contributed by atoms with van der Waals surface area (Å²) in [7, 11) is 1.64. The highest BCUT2D eigenvalue weighted by Gasteiger charge is 2.39. The Hall–Kier alpha value is -2.25. The summed E-state index contributed by atoms with van der Waals surface area (Å²) in [6, 6.07) is 9.47. The van der Waals surface area contributed by atoms with Crippen LogP contribution in [0.4, 0.5) is 4.79 Å². The highest BCUT2D eigenvalue weighted by atomic mass is 35.5. The molecule has 7 nitrogen and oxygen atoms in total. The number of urea groups is 1. The molecule has 2 saturated heterocycles. The fraction of sp³-hybridized carbons (Fsp3) is 0.500. The normalized spacial score (nSPS) is 21.4. The molecule has 2 fully saturated rings. The molecular formula is C20H27ClN4O3. The highest BCUT2D eigenvalue weighted by Crippen LogP contribution is 2.35. The summed E-state index contributed by atoms with van der Waals surface area (Å²) in [5.41, 5.74) is 1.96. The van der Waals surface area contributed by atoms with E-state index in [9.17, 15) is 4.79 Å². The quantitative estimate of drug-likeness (QED) is 0.815. The first-order chi connectivity index (χ1) is 13.2. The van der Waals surface area contributed by atoms with Gasteiger partial charge < -0.3 is 24.8 Å². The topological polar surface area (TPSA) is 79.6 Å². The summed E-state index contributed by atoms with van der Waals surface area (Å²) in [6.45, 7) is 4.07. The predicted molar refractivity (Wildman–Crippen MR) is 109 cm³/mol. The van der Waals surface area contributed by atoms with Crippen molar-refractivity contribution in [1.29, 1.82) is 0 Å². The summed E-state index contributed by atoms with van der Waals surface area (Å²) in [6.07, 6.45) is 3.43. The summed E-state index contributed by atoms with van der Waals surface area (Å²) in [5, 5.41) is 10.5. The third-order valence-corrected chi connectivity index (χ3v) is 5.64. The summed E-state index contributed by atoms with van der Waals surface area (Å²) in [5.74, 6) is 1.44. The third kappa shape index (κ3) is 4.42. The molecule has 1 aromatic carbocycles. The van der Waals surface area contributed by atoms with Crippen LogP contribution in [0.25, 0.3) is 11.3 Å². The van der Waals surface area contributed by atoms with Crippen molar-refractivity contribution in [1.82, 2.24) is 20.7 Å². The minimum absolute atomic E-state index is 0. The molecule has 1 unspecified atom stereocenters. The molecule has 2 aliphatic rings. The van der Waals surface area contributed by atoms with Crippen molar-refractivity contribution >= 4 is 18.4 Å². The van der Waals surface area contributed by atoms with Gasteiger partial charge in [-0.1, -0.05) is 5.16 Å². The smallest absolute Gasteiger partial charge is 0.317 e. The van der Waals surface area contributed by atoms with Gasteiger partial charge in [-0.2, -0.15) is 0 Å². The number of benzene rings is 1. The molecule has 0 saturated carbocycles. The summed E-state index contributed by atoms with van der Waals surface area (Å²) >= 11 is 0. The zero-order valence-electron chi connectivity index (χ0n) is 16.1. The van der Waals surface area contributed by atoms with E-state index in [1.807, 2.05) is 35.2 Å². The van der Waals surface area contributed by atoms with Crippen molar-refractivity contribution in [2.24, 2.45) is 5.41 Å². The Morgan fingerprint density at radius 3 is 2.89 bits per heavy atom. The van der Waals surface area contributed by atoms with Crippen molar-refractivity contribution in [2.75, 3.05) is 33.3 Å². The van der Waals surface area contributed by atoms with Gasteiger partial charge in [0.05, 0.1) is 13.7 Å². The maximum atomic E-state index is 12.6. The number of carbonyl (C=O) groups excluding carboxylic acids is 1. The monoisotopic (exact) mass is 406 g/mol. The van der Waals surface area contributed by atoms with E-state index in [4.69, 9.17) is 9.26 Å². The molecule has 2 N–H and O–H groups in total. The molecule has 2 amide bonds. The minimum atomic E-state index is -0.0247. The van der Waals surface area contributed by atoms with Crippen LogP contribution in [0.2, 0.25) is 0 Å². The fourth-order valence-corrected chi connectivity index (χ4v) is 4.09. The first-order valence-electron chi connectivity index (χ1n) is 9.51. The van der Waals surface area contributed by atoms with Crippen LogP contribution in [0.3, 0.4) is 0 Å². The van der Waals surface area contributed by atoms with E-state index in [1.54, 1.807) is 7.11 Å². The molecular weight excluding hydrogens is 380 g/mol. The van der Waals surface area contributed by atoms with Gasteiger partial charge in [-0.05, 0) is 50.1 Å². The molecule has 1 aromatic heterocycles. The van der Waals surface area contributed by atoms with Gasteiger partial charge in [0.2, 0.25) is 0 Å². The molecule has 2 aromatic rings. The van der Waals surface area contributed by atoms with Crippen molar-refractivity contribution < 1.29 is 14.1 Å². The number of nitrogens with one attached hydrogen (secondary N) is 2. The van der Waals surface area contributed by atoms with Crippen molar-refractivity contribution in [3.63, 3.8) is 0 Å². The Kier molecular flexibility index (Phi) is 6.46. The Balaban J connectivity index is 0.00000225.